The summed E-state index contributed by atoms with van der Waals surface area (Å²) in [5.74, 6) is -0.378. The third-order valence-corrected chi connectivity index (χ3v) is 9.50. The number of fused-ring (bicyclic) bond motifs is 2. The van der Waals surface area contributed by atoms with Crippen LogP contribution in [0.15, 0.2) is 137 Å². The minimum atomic E-state index is -3.91. The molecule has 1 amide bonds. The fourth-order valence-electron chi connectivity index (χ4n) is 5.21. The number of carbonyl (C=O) groups is 1. The Morgan fingerprint density at radius 1 is 0.795 bits per heavy atom. The van der Waals surface area contributed by atoms with Gasteiger partial charge in [0.05, 0.1) is 23.3 Å². The average molecular weight is 618 g/mol. The average Bonchev–Trinajstić information content (AvgIpc) is 3.05. The molecule has 8 heteroatoms. The summed E-state index contributed by atoms with van der Waals surface area (Å²) in [4.78, 5) is 13.2. The fraction of sp³-hybridized carbons (Fsp3) is 0.0556. The summed E-state index contributed by atoms with van der Waals surface area (Å²) in [5, 5.41) is 8.98. The predicted molar refractivity (Wildman–Crippen MR) is 179 cm³/mol. The summed E-state index contributed by atoms with van der Waals surface area (Å²) in [5.41, 5.74) is 5.90. The summed E-state index contributed by atoms with van der Waals surface area (Å²) in [6, 6.07) is 38.5. The van der Waals surface area contributed by atoms with Gasteiger partial charge in [-0.15, -0.1) is 0 Å². The zero-order chi connectivity index (χ0) is 30.7. The quantitative estimate of drug-likeness (QED) is 0.106. The van der Waals surface area contributed by atoms with E-state index in [1.54, 1.807) is 79.0 Å². The second-order valence-electron chi connectivity index (χ2n) is 10.4. The summed E-state index contributed by atoms with van der Waals surface area (Å²) < 4.78 is 28.9. The number of nitrogens with one attached hydrogen (secondary N) is 1. The van der Waals surface area contributed by atoms with E-state index in [2.05, 4.69) is 28.7 Å². The second kappa shape index (κ2) is 12.3. The van der Waals surface area contributed by atoms with E-state index in [9.17, 15) is 13.2 Å². The smallest absolute Gasteiger partial charge is 0.267 e. The van der Waals surface area contributed by atoms with Crippen molar-refractivity contribution >= 4 is 61.0 Å². The van der Waals surface area contributed by atoms with E-state index in [1.807, 2.05) is 43.3 Å². The lowest BCUT2D eigenvalue weighted by atomic mass is 9.97. The predicted octanol–water partition coefficient (Wildman–Crippen LogP) is 8.11. The van der Waals surface area contributed by atoms with E-state index in [0.717, 1.165) is 32.7 Å². The molecule has 6 aromatic carbocycles. The van der Waals surface area contributed by atoms with Gasteiger partial charge in [-0.1, -0.05) is 96.5 Å². The molecule has 1 N–H and O–H groups in total. The minimum Gasteiger partial charge on any atom is -0.267 e. The molecule has 0 fully saturated rings. The summed E-state index contributed by atoms with van der Waals surface area (Å²) in [6.45, 7) is 1.89. The van der Waals surface area contributed by atoms with Gasteiger partial charge in [0.25, 0.3) is 15.9 Å². The molecule has 0 saturated carbocycles. The Labute approximate surface area is 261 Å². The van der Waals surface area contributed by atoms with E-state index in [4.69, 9.17) is 11.6 Å². The maximum Gasteiger partial charge on any atom is 0.271 e. The first-order valence-electron chi connectivity index (χ1n) is 14.0. The molecule has 0 aliphatic carbocycles. The van der Waals surface area contributed by atoms with Crippen LogP contribution in [0.2, 0.25) is 5.02 Å². The largest absolute Gasteiger partial charge is 0.271 e. The topological polar surface area (TPSA) is 78.8 Å². The van der Waals surface area contributed by atoms with Crippen molar-refractivity contribution in [1.82, 2.24) is 5.43 Å². The molecule has 0 spiro atoms. The number of sulfonamides is 1. The summed E-state index contributed by atoms with van der Waals surface area (Å²) in [7, 11) is -3.91. The standard InChI is InChI=1S/C36H28ClN3O3S/c1-25-15-20-30(37)22-35(25)40(44(42,43)31-11-3-2-4-12-31)24-26-16-18-27(19-17-26)36(41)39-38-23-34-32-13-7-5-9-28(32)21-29-10-6-8-14-33(29)34/h2-23H,24H2,1H3,(H,39,41)/b38-23-. The van der Waals surface area contributed by atoms with E-state index >= 15 is 0 Å². The first-order valence-corrected chi connectivity index (χ1v) is 15.8. The highest BCUT2D eigenvalue weighted by molar-refractivity contribution is 7.92. The van der Waals surface area contributed by atoms with E-state index < -0.39 is 10.0 Å². The molecule has 0 atom stereocenters. The minimum absolute atomic E-state index is 0.0482. The van der Waals surface area contributed by atoms with Crippen LogP contribution in [0.3, 0.4) is 0 Å². The van der Waals surface area contributed by atoms with Gasteiger partial charge in [-0.05, 0) is 82.1 Å². The molecule has 6 nitrogen and oxygen atoms in total. The van der Waals surface area contributed by atoms with Gasteiger partial charge in [-0.25, -0.2) is 13.8 Å². The Balaban J connectivity index is 1.24. The monoisotopic (exact) mass is 617 g/mol. The normalized spacial score (nSPS) is 11.7. The Kier molecular flexibility index (Phi) is 8.15. The number of anilines is 1. The van der Waals surface area contributed by atoms with Gasteiger partial charge in [-0.3, -0.25) is 9.10 Å². The molecule has 0 aliphatic heterocycles. The lowest BCUT2D eigenvalue weighted by Crippen LogP contribution is -2.31. The molecule has 6 rings (SSSR count). The van der Waals surface area contributed by atoms with Crippen molar-refractivity contribution in [1.29, 1.82) is 0 Å². The second-order valence-corrected chi connectivity index (χ2v) is 12.7. The zero-order valence-corrected chi connectivity index (χ0v) is 25.4. The highest BCUT2D eigenvalue weighted by Crippen LogP contribution is 2.31. The molecule has 0 bridgehead atoms. The van der Waals surface area contributed by atoms with Crippen molar-refractivity contribution in [3.05, 3.63) is 155 Å². The van der Waals surface area contributed by atoms with Crippen LogP contribution >= 0.6 is 11.6 Å². The molecule has 0 aromatic heterocycles. The van der Waals surface area contributed by atoms with Crippen molar-refractivity contribution in [2.75, 3.05) is 4.31 Å². The van der Waals surface area contributed by atoms with Crippen LogP contribution in [0.4, 0.5) is 5.69 Å². The lowest BCUT2D eigenvalue weighted by Gasteiger charge is -2.26. The first kappa shape index (κ1) is 29.1. The van der Waals surface area contributed by atoms with Crippen molar-refractivity contribution < 1.29 is 13.2 Å². The molecule has 6 aromatic rings. The van der Waals surface area contributed by atoms with Crippen molar-refractivity contribution in [3.63, 3.8) is 0 Å². The van der Waals surface area contributed by atoms with E-state index in [1.165, 1.54) is 4.31 Å². The maximum atomic E-state index is 13.8. The first-order chi connectivity index (χ1) is 21.3. The van der Waals surface area contributed by atoms with Crippen LogP contribution in [0.1, 0.15) is 27.0 Å². The van der Waals surface area contributed by atoms with Crippen LogP contribution < -0.4 is 9.73 Å². The molecule has 0 saturated heterocycles. The number of benzene rings is 6. The fourth-order valence-corrected chi connectivity index (χ4v) is 6.90. The van der Waals surface area contributed by atoms with Crippen LogP contribution in [0.25, 0.3) is 21.5 Å². The van der Waals surface area contributed by atoms with Crippen molar-refractivity contribution in [2.24, 2.45) is 5.10 Å². The Hall–Kier alpha value is -4.98. The van der Waals surface area contributed by atoms with Gasteiger partial charge in [0.2, 0.25) is 0 Å². The Morgan fingerprint density at radius 3 is 2.07 bits per heavy atom. The van der Waals surface area contributed by atoms with Gasteiger partial charge in [0.15, 0.2) is 0 Å². The number of rotatable bonds is 8. The highest BCUT2D eigenvalue weighted by atomic mass is 35.5. The van der Waals surface area contributed by atoms with E-state index in [0.29, 0.717) is 21.8 Å². The number of nitrogens with zero attached hydrogens (tertiary/aromatic N) is 2. The third-order valence-electron chi connectivity index (χ3n) is 7.49. The number of hydrazone groups is 1. The number of hydrogen-bond acceptors (Lipinski definition) is 4. The van der Waals surface area contributed by atoms with Gasteiger partial charge in [-0.2, -0.15) is 5.10 Å². The SMILES string of the molecule is Cc1ccc(Cl)cc1N(Cc1ccc(C(=O)N/N=C\c2c3ccccc3cc3ccccc23)cc1)S(=O)(=O)c1ccccc1. The molecule has 0 unspecified atom stereocenters. The van der Waals surface area contributed by atoms with Crippen molar-refractivity contribution in [2.45, 2.75) is 18.4 Å². The summed E-state index contributed by atoms with van der Waals surface area (Å²) >= 11 is 6.28. The van der Waals surface area contributed by atoms with Crippen LogP contribution in [0, 0.1) is 6.92 Å². The molecular weight excluding hydrogens is 590 g/mol. The molecule has 218 valence electrons. The van der Waals surface area contributed by atoms with Crippen LogP contribution in [-0.2, 0) is 16.6 Å². The molecule has 0 aliphatic rings. The van der Waals surface area contributed by atoms with Crippen LogP contribution in [0.5, 0.6) is 0 Å². The Morgan fingerprint density at radius 2 is 1.41 bits per heavy atom. The lowest BCUT2D eigenvalue weighted by molar-refractivity contribution is 0.0955. The number of hydrogen-bond donors (Lipinski definition) is 1. The molecular formula is C36H28ClN3O3S. The summed E-state index contributed by atoms with van der Waals surface area (Å²) in [6.07, 6.45) is 1.68. The third kappa shape index (κ3) is 5.93. The number of amides is 1. The Bertz CT molecular complexity index is 2080. The molecule has 0 heterocycles. The number of halogens is 1. The molecule has 44 heavy (non-hydrogen) atoms. The maximum absolute atomic E-state index is 13.8. The number of carbonyl (C=O) groups excluding carboxylic acids is 1. The van der Waals surface area contributed by atoms with E-state index in [-0.39, 0.29) is 17.3 Å². The molecule has 0 radical (unpaired) electrons. The zero-order valence-electron chi connectivity index (χ0n) is 23.8. The van der Waals surface area contributed by atoms with Gasteiger partial charge in [0, 0.05) is 16.1 Å². The van der Waals surface area contributed by atoms with Crippen LogP contribution in [-0.4, -0.2) is 20.5 Å². The number of aryl methyl sites for hydroxylation is 1. The van der Waals surface area contributed by atoms with Gasteiger partial charge < -0.3 is 0 Å². The van der Waals surface area contributed by atoms with Crippen molar-refractivity contribution in [3.8, 4) is 0 Å². The van der Waals surface area contributed by atoms with Gasteiger partial charge >= 0.3 is 0 Å². The van der Waals surface area contributed by atoms with Gasteiger partial charge in [0.1, 0.15) is 0 Å². The highest BCUT2D eigenvalue weighted by Gasteiger charge is 2.26.